The lowest BCUT2D eigenvalue weighted by Crippen LogP contribution is -2.44. The van der Waals surface area contributed by atoms with E-state index in [1.165, 1.54) is 6.33 Å². The molecule has 0 unspecified atom stereocenters. The number of ether oxygens (including phenoxy) is 2. The van der Waals surface area contributed by atoms with E-state index in [2.05, 4.69) is 25.5 Å². The van der Waals surface area contributed by atoms with E-state index in [4.69, 9.17) is 24.5 Å². The molecule has 1 aliphatic heterocycles. The lowest BCUT2D eigenvalue weighted by atomic mass is 10.3. The highest BCUT2D eigenvalue weighted by Crippen LogP contribution is 2.28. The Bertz CT molecular complexity index is 968. The molecule has 1 saturated heterocycles. The van der Waals surface area contributed by atoms with Crippen LogP contribution in [0.15, 0.2) is 18.6 Å². The number of anilines is 3. The summed E-state index contributed by atoms with van der Waals surface area (Å²) in [6.07, 6.45) is 3.19. The second-order valence-electron chi connectivity index (χ2n) is 6.83. The number of hydrogen-bond acceptors (Lipinski definition) is 10. The van der Waals surface area contributed by atoms with Gasteiger partial charge in [0.05, 0.1) is 19.8 Å². The number of halogens is 2. The van der Waals surface area contributed by atoms with Crippen LogP contribution in [0.25, 0.3) is 11.0 Å². The molecule has 0 aliphatic carbocycles. The Hall–Kier alpha value is -2.31. The quantitative estimate of drug-likeness (QED) is 0.434. The molecule has 0 aromatic carbocycles. The summed E-state index contributed by atoms with van der Waals surface area (Å²) in [5.41, 5.74) is 2.35. The number of nitrogens with one attached hydrogen (secondary N) is 2. The van der Waals surface area contributed by atoms with Gasteiger partial charge in [-0.25, -0.2) is 15.0 Å². The van der Waals surface area contributed by atoms with Crippen LogP contribution in [0.4, 0.5) is 17.6 Å². The van der Waals surface area contributed by atoms with Crippen molar-refractivity contribution in [1.82, 2.24) is 35.0 Å². The predicted octanol–water partition coefficient (Wildman–Crippen LogP) is 1.80. The Balaban J connectivity index is 0.00000181. The number of methoxy groups -OCH3 is 1. The molecule has 11 nitrogen and oxygen atoms in total. The summed E-state index contributed by atoms with van der Waals surface area (Å²) < 4.78 is 12.8. The molecule has 4 heterocycles. The minimum Gasteiger partial charge on any atom is -0.380 e. The molecule has 1 fully saturated rings. The summed E-state index contributed by atoms with van der Waals surface area (Å²) in [4.78, 5) is 20.2. The van der Waals surface area contributed by atoms with Crippen LogP contribution in [-0.2, 0) is 22.6 Å². The van der Waals surface area contributed by atoms with Crippen molar-refractivity contribution in [3.63, 3.8) is 0 Å². The first kappa shape index (κ1) is 25.9. The molecule has 1 aliphatic rings. The van der Waals surface area contributed by atoms with Crippen molar-refractivity contribution in [1.29, 1.82) is 0 Å². The maximum Gasteiger partial charge on any atom is 0.228 e. The highest BCUT2D eigenvalue weighted by molar-refractivity contribution is 5.90. The minimum absolute atomic E-state index is 0. The third-order valence-corrected chi connectivity index (χ3v) is 4.81. The fourth-order valence-corrected chi connectivity index (χ4v) is 3.40. The Morgan fingerprint density at radius 3 is 2.69 bits per heavy atom. The number of aromatic nitrogens is 6. The molecule has 2 N–H and O–H groups in total. The fourth-order valence-electron chi connectivity index (χ4n) is 3.40. The van der Waals surface area contributed by atoms with Gasteiger partial charge in [0, 0.05) is 46.1 Å². The zero-order chi connectivity index (χ0) is 20.8. The lowest BCUT2D eigenvalue weighted by molar-refractivity contribution is 0.136. The average molecular weight is 486 g/mol. The van der Waals surface area contributed by atoms with Gasteiger partial charge in [0.25, 0.3) is 0 Å². The number of hydrogen-bond donors (Lipinski definition) is 2. The van der Waals surface area contributed by atoms with Gasteiger partial charge in [-0.3, -0.25) is 4.68 Å². The average Bonchev–Trinajstić information content (AvgIpc) is 3.13. The standard InChI is InChI=1S/C19H27N9O2.2ClH/c1-3-30-11-10-28-17-16(14(26-28)12-29-2)24-19(27-8-6-20-7-9-27)25-18(17)23-15-4-5-21-13-22-15;;/h4-5,13,20H,3,6-12H2,1-2H3,(H,21,22,23,24,25);2*1H. The van der Waals surface area contributed by atoms with E-state index in [0.717, 1.165) is 42.9 Å². The van der Waals surface area contributed by atoms with Crippen LogP contribution in [0.2, 0.25) is 0 Å². The van der Waals surface area contributed by atoms with Crippen LogP contribution in [0.3, 0.4) is 0 Å². The van der Waals surface area contributed by atoms with E-state index < -0.39 is 0 Å². The summed E-state index contributed by atoms with van der Waals surface area (Å²) in [5.74, 6) is 1.97. The Labute approximate surface area is 199 Å². The van der Waals surface area contributed by atoms with Gasteiger partial charge in [0.15, 0.2) is 5.82 Å². The molecular formula is C19H29Cl2N9O2. The van der Waals surface area contributed by atoms with E-state index >= 15 is 0 Å². The Kier molecular flexibility index (Phi) is 10.3. The van der Waals surface area contributed by atoms with Crippen molar-refractivity contribution >= 4 is 53.4 Å². The topological polar surface area (TPSA) is 115 Å². The first-order chi connectivity index (χ1) is 14.8. The summed E-state index contributed by atoms with van der Waals surface area (Å²) in [6.45, 7) is 7.61. The SMILES string of the molecule is CCOCCn1nc(COC)c2nc(N3CCNCC3)nc(Nc3ccncn3)c21.Cl.Cl. The van der Waals surface area contributed by atoms with Gasteiger partial charge in [0.2, 0.25) is 5.95 Å². The highest BCUT2D eigenvalue weighted by Gasteiger charge is 2.22. The summed E-state index contributed by atoms with van der Waals surface area (Å²) in [7, 11) is 1.66. The van der Waals surface area contributed by atoms with Gasteiger partial charge in [-0.2, -0.15) is 10.1 Å². The molecule has 3 aromatic rings. The zero-order valence-corrected chi connectivity index (χ0v) is 19.8. The van der Waals surface area contributed by atoms with Gasteiger partial charge in [-0.15, -0.1) is 24.8 Å². The Morgan fingerprint density at radius 1 is 1.19 bits per heavy atom. The van der Waals surface area contributed by atoms with Gasteiger partial charge < -0.3 is 25.0 Å². The number of rotatable bonds is 9. The number of piperazine rings is 1. The molecule has 13 heteroatoms. The highest BCUT2D eigenvalue weighted by atomic mass is 35.5. The fraction of sp³-hybridized carbons (Fsp3) is 0.526. The summed E-state index contributed by atoms with van der Waals surface area (Å²) in [5, 5.41) is 11.4. The third kappa shape index (κ3) is 5.93. The smallest absolute Gasteiger partial charge is 0.228 e. The Morgan fingerprint density at radius 2 is 2.00 bits per heavy atom. The van der Waals surface area contributed by atoms with E-state index in [9.17, 15) is 0 Å². The molecule has 32 heavy (non-hydrogen) atoms. The molecule has 0 saturated carbocycles. The molecule has 3 aromatic heterocycles. The number of fused-ring (bicyclic) bond motifs is 1. The maximum atomic E-state index is 5.54. The van der Waals surface area contributed by atoms with E-state index in [-0.39, 0.29) is 24.8 Å². The molecular weight excluding hydrogens is 457 g/mol. The summed E-state index contributed by atoms with van der Waals surface area (Å²) >= 11 is 0. The van der Waals surface area contributed by atoms with Gasteiger partial charge in [0.1, 0.15) is 28.9 Å². The van der Waals surface area contributed by atoms with Gasteiger partial charge in [-0.1, -0.05) is 0 Å². The van der Waals surface area contributed by atoms with Crippen LogP contribution in [0.1, 0.15) is 12.6 Å². The van der Waals surface area contributed by atoms with Crippen molar-refractivity contribution in [2.45, 2.75) is 20.1 Å². The molecule has 0 radical (unpaired) electrons. The maximum absolute atomic E-state index is 5.54. The normalized spacial score (nSPS) is 13.5. The largest absolute Gasteiger partial charge is 0.380 e. The van der Waals surface area contributed by atoms with Crippen LogP contribution < -0.4 is 15.5 Å². The van der Waals surface area contributed by atoms with Crippen molar-refractivity contribution in [3.8, 4) is 0 Å². The molecule has 0 atom stereocenters. The first-order valence-electron chi connectivity index (χ1n) is 10.1. The van der Waals surface area contributed by atoms with Crippen molar-refractivity contribution in [3.05, 3.63) is 24.3 Å². The molecule has 0 amide bonds. The van der Waals surface area contributed by atoms with Crippen molar-refractivity contribution < 1.29 is 9.47 Å². The van der Waals surface area contributed by atoms with Crippen LogP contribution >= 0.6 is 24.8 Å². The second-order valence-corrected chi connectivity index (χ2v) is 6.83. The zero-order valence-electron chi connectivity index (χ0n) is 18.2. The summed E-state index contributed by atoms with van der Waals surface area (Å²) in [6, 6.07) is 1.80. The molecule has 176 valence electrons. The van der Waals surface area contributed by atoms with Crippen LogP contribution in [0.5, 0.6) is 0 Å². The van der Waals surface area contributed by atoms with Gasteiger partial charge in [-0.05, 0) is 13.0 Å². The number of nitrogens with zero attached hydrogens (tertiary/aromatic N) is 7. The van der Waals surface area contributed by atoms with Crippen molar-refractivity contribution in [2.24, 2.45) is 0 Å². The van der Waals surface area contributed by atoms with Crippen LogP contribution in [0, 0.1) is 0 Å². The second kappa shape index (κ2) is 12.7. The van der Waals surface area contributed by atoms with Gasteiger partial charge >= 0.3 is 0 Å². The lowest BCUT2D eigenvalue weighted by Gasteiger charge is -2.27. The monoisotopic (exact) mass is 485 g/mol. The van der Waals surface area contributed by atoms with E-state index in [1.54, 1.807) is 19.4 Å². The van der Waals surface area contributed by atoms with Crippen molar-refractivity contribution in [2.75, 3.05) is 56.7 Å². The molecule has 0 spiro atoms. The van der Waals surface area contributed by atoms with E-state index in [1.807, 2.05) is 11.6 Å². The minimum atomic E-state index is 0. The molecule has 4 rings (SSSR count). The molecule has 0 bridgehead atoms. The van der Waals surface area contributed by atoms with E-state index in [0.29, 0.717) is 43.9 Å². The first-order valence-corrected chi connectivity index (χ1v) is 10.1. The predicted molar refractivity (Wildman–Crippen MR) is 127 cm³/mol. The van der Waals surface area contributed by atoms with Crippen LogP contribution in [-0.4, -0.2) is 76.2 Å². The third-order valence-electron chi connectivity index (χ3n) is 4.81.